The van der Waals surface area contributed by atoms with E-state index in [2.05, 4.69) is 26.2 Å². The second-order valence-corrected chi connectivity index (χ2v) is 5.43. The average molecular weight is 338 g/mol. The van der Waals surface area contributed by atoms with Crippen LogP contribution in [0.1, 0.15) is 12.5 Å². The van der Waals surface area contributed by atoms with Crippen molar-refractivity contribution in [1.82, 2.24) is 4.98 Å². The van der Waals surface area contributed by atoms with Gasteiger partial charge < -0.3 is 11.1 Å². The fourth-order valence-corrected chi connectivity index (χ4v) is 2.05. The van der Waals surface area contributed by atoms with Gasteiger partial charge in [0.25, 0.3) is 0 Å². The molecule has 1 unspecified atom stereocenters. The minimum Gasteiger partial charge on any atom is -0.368 e. The smallest absolute Gasteiger partial charge is 0.247 e. The molecule has 0 aliphatic rings. The first-order chi connectivity index (χ1) is 9.41. The number of nitrogens with one attached hydrogen (secondary N) is 1. The molecule has 3 N–H and O–H groups in total. The van der Waals surface area contributed by atoms with Gasteiger partial charge in [-0.2, -0.15) is 0 Å². The number of aromatic nitrogens is 1. The zero-order chi connectivity index (χ0) is 14.8. The Hall–Kier alpha value is -1.95. The van der Waals surface area contributed by atoms with Gasteiger partial charge in [-0.05, 0) is 37.3 Å². The molecule has 1 aromatic carbocycles. The largest absolute Gasteiger partial charge is 0.368 e. The van der Waals surface area contributed by atoms with Crippen LogP contribution in [0.2, 0.25) is 0 Å². The van der Waals surface area contributed by atoms with Gasteiger partial charge in [-0.15, -0.1) is 0 Å². The Morgan fingerprint density at radius 1 is 1.35 bits per heavy atom. The van der Waals surface area contributed by atoms with Crippen molar-refractivity contribution in [3.05, 3.63) is 58.6 Å². The first kappa shape index (κ1) is 14.5. The molecule has 104 valence electrons. The quantitative estimate of drug-likeness (QED) is 0.901. The lowest BCUT2D eigenvalue weighted by atomic mass is 9.92. The Bertz CT molecular complexity index is 633. The standard InChI is InChI=1S/C14H13BrFN3O/c1-14(13(17)20,9-6-11(16)8-18-7-9)19-12-4-2-10(15)3-5-12/h2-8,19H,1H3,(H2,17,20). The van der Waals surface area contributed by atoms with E-state index in [1.54, 1.807) is 19.1 Å². The van der Waals surface area contributed by atoms with Gasteiger partial charge in [-0.1, -0.05) is 15.9 Å². The number of hydrogen-bond acceptors (Lipinski definition) is 3. The molecule has 0 saturated carbocycles. The number of rotatable bonds is 4. The third-order valence-electron chi connectivity index (χ3n) is 3.01. The first-order valence-electron chi connectivity index (χ1n) is 5.86. The third-order valence-corrected chi connectivity index (χ3v) is 3.54. The van der Waals surface area contributed by atoms with Gasteiger partial charge in [0.05, 0.1) is 6.20 Å². The Kier molecular flexibility index (Phi) is 4.04. The summed E-state index contributed by atoms with van der Waals surface area (Å²) in [7, 11) is 0. The van der Waals surface area contributed by atoms with Crippen LogP contribution in [0.3, 0.4) is 0 Å². The van der Waals surface area contributed by atoms with Crippen LogP contribution in [0.4, 0.5) is 10.1 Å². The van der Waals surface area contributed by atoms with E-state index in [1.165, 1.54) is 12.3 Å². The number of nitrogens with two attached hydrogens (primary N) is 1. The summed E-state index contributed by atoms with van der Waals surface area (Å²) in [4.78, 5) is 15.6. The second-order valence-electron chi connectivity index (χ2n) is 4.51. The number of carbonyl (C=O) groups excluding carboxylic acids is 1. The average Bonchev–Trinajstić information content (AvgIpc) is 2.41. The summed E-state index contributed by atoms with van der Waals surface area (Å²) in [5, 5.41) is 3.02. The number of carbonyl (C=O) groups is 1. The van der Waals surface area contributed by atoms with Crippen molar-refractivity contribution in [2.75, 3.05) is 5.32 Å². The first-order valence-corrected chi connectivity index (χ1v) is 6.66. The Morgan fingerprint density at radius 3 is 2.55 bits per heavy atom. The van der Waals surface area contributed by atoms with Crippen LogP contribution in [0.25, 0.3) is 0 Å². The van der Waals surface area contributed by atoms with Gasteiger partial charge in [0.1, 0.15) is 11.4 Å². The Balaban J connectivity index is 2.39. The summed E-state index contributed by atoms with van der Waals surface area (Å²) in [6.07, 6.45) is 2.49. The fourth-order valence-electron chi connectivity index (χ4n) is 1.78. The number of amides is 1. The maximum absolute atomic E-state index is 13.3. The number of primary amides is 1. The van der Waals surface area contributed by atoms with Crippen molar-refractivity contribution in [3.8, 4) is 0 Å². The SMILES string of the molecule is CC(Nc1ccc(Br)cc1)(C(N)=O)c1cncc(F)c1. The Labute approximate surface area is 124 Å². The molecular weight excluding hydrogens is 325 g/mol. The van der Waals surface area contributed by atoms with E-state index < -0.39 is 17.3 Å². The molecule has 1 amide bonds. The Morgan fingerprint density at radius 2 is 2.00 bits per heavy atom. The topological polar surface area (TPSA) is 68.0 Å². The van der Waals surface area contributed by atoms with Crippen LogP contribution in [-0.2, 0) is 10.3 Å². The molecule has 1 heterocycles. The minimum absolute atomic E-state index is 0.368. The van der Waals surface area contributed by atoms with Crippen molar-refractivity contribution in [2.45, 2.75) is 12.5 Å². The lowest BCUT2D eigenvalue weighted by Crippen LogP contribution is -2.45. The second kappa shape index (κ2) is 5.58. The normalized spacial score (nSPS) is 13.6. The summed E-state index contributed by atoms with van der Waals surface area (Å²) in [5.74, 6) is -1.14. The number of hydrogen-bond donors (Lipinski definition) is 2. The molecule has 0 bridgehead atoms. The predicted molar refractivity (Wildman–Crippen MR) is 78.5 cm³/mol. The highest BCUT2D eigenvalue weighted by Gasteiger charge is 2.33. The van der Waals surface area contributed by atoms with Crippen LogP contribution in [-0.4, -0.2) is 10.9 Å². The number of anilines is 1. The van der Waals surface area contributed by atoms with E-state index in [1.807, 2.05) is 12.1 Å². The monoisotopic (exact) mass is 337 g/mol. The van der Waals surface area contributed by atoms with Crippen molar-refractivity contribution in [2.24, 2.45) is 5.73 Å². The van der Waals surface area contributed by atoms with E-state index in [4.69, 9.17) is 5.73 Å². The van der Waals surface area contributed by atoms with Crippen molar-refractivity contribution in [1.29, 1.82) is 0 Å². The molecule has 0 spiro atoms. The van der Waals surface area contributed by atoms with Crippen LogP contribution in [0.15, 0.2) is 47.2 Å². The molecule has 2 aromatic rings. The van der Waals surface area contributed by atoms with E-state index in [0.717, 1.165) is 10.7 Å². The molecule has 0 radical (unpaired) electrons. The number of nitrogens with zero attached hydrogens (tertiary/aromatic N) is 1. The third kappa shape index (κ3) is 2.96. The predicted octanol–water partition coefficient (Wildman–Crippen LogP) is 2.80. The summed E-state index contributed by atoms with van der Waals surface area (Å²) in [6.45, 7) is 1.59. The maximum Gasteiger partial charge on any atom is 0.247 e. The molecule has 20 heavy (non-hydrogen) atoms. The molecule has 4 nitrogen and oxygen atoms in total. The number of halogens is 2. The molecule has 2 rings (SSSR count). The molecule has 1 aromatic heterocycles. The minimum atomic E-state index is -1.25. The number of pyridine rings is 1. The molecular formula is C14H13BrFN3O. The van der Waals surface area contributed by atoms with E-state index in [9.17, 15) is 9.18 Å². The van der Waals surface area contributed by atoms with E-state index in [0.29, 0.717) is 11.3 Å². The summed E-state index contributed by atoms with van der Waals surface area (Å²) >= 11 is 3.33. The van der Waals surface area contributed by atoms with Gasteiger partial charge in [0.2, 0.25) is 5.91 Å². The van der Waals surface area contributed by atoms with Gasteiger partial charge >= 0.3 is 0 Å². The van der Waals surface area contributed by atoms with Crippen LogP contribution >= 0.6 is 15.9 Å². The van der Waals surface area contributed by atoms with Gasteiger partial charge in [-0.25, -0.2) is 4.39 Å². The highest BCUT2D eigenvalue weighted by molar-refractivity contribution is 9.10. The van der Waals surface area contributed by atoms with Crippen molar-refractivity contribution in [3.63, 3.8) is 0 Å². The van der Waals surface area contributed by atoms with Crippen molar-refractivity contribution < 1.29 is 9.18 Å². The van der Waals surface area contributed by atoms with Gasteiger partial charge in [-0.3, -0.25) is 9.78 Å². The molecule has 6 heteroatoms. The van der Waals surface area contributed by atoms with Crippen LogP contribution in [0.5, 0.6) is 0 Å². The van der Waals surface area contributed by atoms with Crippen molar-refractivity contribution >= 4 is 27.5 Å². The molecule has 0 aliphatic heterocycles. The van der Waals surface area contributed by atoms with Gasteiger partial charge in [0.15, 0.2) is 0 Å². The molecule has 0 fully saturated rings. The van der Waals surface area contributed by atoms with E-state index in [-0.39, 0.29) is 0 Å². The van der Waals surface area contributed by atoms with E-state index >= 15 is 0 Å². The molecule has 0 saturated heterocycles. The highest BCUT2D eigenvalue weighted by Crippen LogP contribution is 2.26. The van der Waals surface area contributed by atoms with Gasteiger partial charge in [0, 0.05) is 21.9 Å². The highest BCUT2D eigenvalue weighted by atomic mass is 79.9. The summed E-state index contributed by atoms with van der Waals surface area (Å²) < 4.78 is 14.2. The zero-order valence-electron chi connectivity index (χ0n) is 10.7. The molecule has 0 aliphatic carbocycles. The summed E-state index contributed by atoms with van der Waals surface area (Å²) in [6, 6.07) is 8.47. The maximum atomic E-state index is 13.3. The van der Waals surface area contributed by atoms with Crippen LogP contribution < -0.4 is 11.1 Å². The molecule has 1 atom stereocenters. The van der Waals surface area contributed by atoms with Crippen LogP contribution in [0, 0.1) is 5.82 Å². The lowest BCUT2D eigenvalue weighted by molar-refractivity contribution is -0.122. The lowest BCUT2D eigenvalue weighted by Gasteiger charge is -2.28. The fraction of sp³-hybridized carbons (Fsp3) is 0.143. The zero-order valence-corrected chi connectivity index (χ0v) is 12.3. The number of benzene rings is 1. The summed E-state index contributed by atoms with van der Waals surface area (Å²) in [5.41, 5.74) is 5.28.